The number of aromatic nitrogens is 3. The summed E-state index contributed by atoms with van der Waals surface area (Å²) in [6, 6.07) is 6.26. The van der Waals surface area contributed by atoms with Gasteiger partial charge in [0, 0.05) is 18.1 Å². The zero-order chi connectivity index (χ0) is 15.0. The van der Waals surface area contributed by atoms with Gasteiger partial charge in [0.15, 0.2) is 0 Å². The Morgan fingerprint density at radius 2 is 2.19 bits per heavy atom. The van der Waals surface area contributed by atoms with Crippen molar-refractivity contribution in [2.45, 2.75) is 26.8 Å². The van der Waals surface area contributed by atoms with E-state index < -0.39 is 0 Å². The molecule has 2 aromatic heterocycles. The zero-order valence-electron chi connectivity index (χ0n) is 12.3. The van der Waals surface area contributed by atoms with Crippen LogP contribution in [-0.4, -0.2) is 21.0 Å². The highest BCUT2D eigenvalue weighted by Crippen LogP contribution is 2.36. The van der Waals surface area contributed by atoms with Crippen LogP contribution in [0.25, 0.3) is 22.4 Å². The Morgan fingerprint density at radius 1 is 1.38 bits per heavy atom. The first kappa shape index (κ1) is 14.5. The lowest BCUT2D eigenvalue weighted by atomic mass is 10.2. The number of aryl methyl sites for hydroxylation is 2. The fourth-order valence-corrected chi connectivity index (χ4v) is 3.64. The van der Waals surface area contributed by atoms with Gasteiger partial charge < -0.3 is 9.88 Å². The number of nitrogens with zero attached hydrogens (tertiary/aromatic N) is 3. The standard InChI is InChI=1S/C15H17BrN4S/c1-4-7-20-12-6-5-10(16)8-11(12)18-14(20)13-9(2)19-21-15(13)17-3/h5-6,8,17H,4,7H2,1-3H3. The summed E-state index contributed by atoms with van der Waals surface area (Å²) in [5.41, 5.74) is 4.32. The first-order chi connectivity index (χ1) is 10.2. The molecule has 0 aliphatic carbocycles. The van der Waals surface area contributed by atoms with E-state index in [1.54, 1.807) is 0 Å². The first-order valence-corrected chi connectivity index (χ1v) is 8.52. The number of anilines is 1. The highest BCUT2D eigenvalue weighted by Gasteiger charge is 2.19. The van der Waals surface area contributed by atoms with Crippen LogP contribution in [0.15, 0.2) is 22.7 Å². The maximum Gasteiger partial charge on any atom is 0.146 e. The Morgan fingerprint density at radius 3 is 2.90 bits per heavy atom. The smallest absolute Gasteiger partial charge is 0.146 e. The van der Waals surface area contributed by atoms with Crippen LogP contribution >= 0.6 is 27.5 Å². The molecule has 0 bridgehead atoms. The molecular formula is C15H17BrN4S. The Kier molecular flexibility index (Phi) is 3.99. The molecule has 1 N–H and O–H groups in total. The summed E-state index contributed by atoms with van der Waals surface area (Å²) in [6.45, 7) is 5.18. The highest BCUT2D eigenvalue weighted by atomic mass is 79.9. The molecule has 0 amide bonds. The van der Waals surface area contributed by atoms with E-state index in [1.807, 2.05) is 14.0 Å². The maximum absolute atomic E-state index is 4.86. The SMILES string of the molecule is CCCn1c(-c2c(C)nsc2NC)nc2cc(Br)ccc21. The van der Waals surface area contributed by atoms with Gasteiger partial charge in [-0.05, 0) is 43.1 Å². The van der Waals surface area contributed by atoms with Gasteiger partial charge in [-0.1, -0.05) is 22.9 Å². The largest absolute Gasteiger partial charge is 0.378 e. The third kappa shape index (κ3) is 2.46. The van der Waals surface area contributed by atoms with E-state index in [9.17, 15) is 0 Å². The molecule has 1 aromatic carbocycles. The van der Waals surface area contributed by atoms with Gasteiger partial charge >= 0.3 is 0 Å². The lowest BCUT2D eigenvalue weighted by Gasteiger charge is -2.08. The monoisotopic (exact) mass is 364 g/mol. The molecule has 0 unspecified atom stereocenters. The van der Waals surface area contributed by atoms with Crippen LogP contribution in [0.4, 0.5) is 5.00 Å². The molecule has 0 fully saturated rings. The van der Waals surface area contributed by atoms with E-state index >= 15 is 0 Å². The van der Waals surface area contributed by atoms with E-state index in [-0.39, 0.29) is 0 Å². The number of hydrogen-bond donors (Lipinski definition) is 1. The summed E-state index contributed by atoms with van der Waals surface area (Å²) < 4.78 is 7.81. The molecule has 0 spiro atoms. The van der Waals surface area contributed by atoms with Gasteiger partial charge in [-0.25, -0.2) is 4.98 Å². The average molecular weight is 365 g/mol. The molecule has 0 radical (unpaired) electrons. The number of benzene rings is 1. The highest BCUT2D eigenvalue weighted by molar-refractivity contribution is 9.10. The van der Waals surface area contributed by atoms with Crippen molar-refractivity contribution in [1.29, 1.82) is 0 Å². The molecule has 0 saturated heterocycles. The van der Waals surface area contributed by atoms with Gasteiger partial charge in [0.1, 0.15) is 10.8 Å². The van der Waals surface area contributed by atoms with E-state index in [0.29, 0.717) is 0 Å². The second kappa shape index (κ2) is 5.77. The lowest BCUT2D eigenvalue weighted by molar-refractivity contribution is 0.704. The predicted octanol–water partition coefficient (Wildman–Crippen LogP) is 4.68. The van der Waals surface area contributed by atoms with Crippen molar-refractivity contribution in [3.05, 3.63) is 28.4 Å². The molecule has 3 aromatic rings. The number of rotatable bonds is 4. The van der Waals surface area contributed by atoms with Crippen molar-refractivity contribution in [1.82, 2.24) is 13.9 Å². The number of imidazole rings is 1. The van der Waals surface area contributed by atoms with Crippen LogP contribution in [-0.2, 0) is 6.54 Å². The summed E-state index contributed by atoms with van der Waals surface area (Å²) in [7, 11) is 1.93. The minimum atomic E-state index is 0.950. The van der Waals surface area contributed by atoms with Crippen molar-refractivity contribution in [3.8, 4) is 11.4 Å². The molecule has 0 saturated carbocycles. The third-order valence-corrected chi connectivity index (χ3v) is 4.92. The van der Waals surface area contributed by atoms with E-state index in [4.69, 9.17) is 4.98 Å². The van der Waals surface area contributed by atoms with Crippen molar-refractivity contribution in [2.24, 2.45) is 0 Å². The van der Waals surface area contributed by atoms with Crippen molar-refractivity contribution in [3.63, 3.8) is 0 Å². The molecular weight excluding hydrogens is 348 g/mol. The molecule has 21 heavy (non-hydrogen) atoms. The van der Waals surface area contributed by atoms with Crippen LogP contribution in [0.3, 0.4) is 0 Å². The molecule has 110 valence electrons. The zero-order valence-corrected chi connectivity index (χ0v) is 14.7. The Bertz CT molecular complexity index is 790. The van der Waals surface area contributed by atoms with E-state index in [1.165, 1.54) is 17.0 Å². The van der Waals surface area contributed by atoms with Gasteiger partial charge in [-0.2, -0.15) is 4.37 Å². The Hall–Kier alpha value is -1.40. The summed E-state index contributed by atoms with van der Waals surface area (Å²) in [5.74, 6) is 1.00. The lowest BCUT2D eigenvalue weighted by Crippen LogP contribution is -2.01. The number of fused-ring (bicyclic) bond motifs is 1. The Balaban J connectivity index is 2.30. The van der Waals surface area contributed by atoms with Gasteiger partial charge in [0.2, 0.25) is 0 Å². The quantitative estimate of drug-likeness (QED) is 0.730. The second-order valence-corrected chi connectivity index (χ2v) is 6.63. The summed E-state index contributed by atoms with van der Waals surface area (Å²) in [4.78, 5) is 4.86. The molecule has 6 heteroatoms. The number of halogens is 1. The summed E-state index contributed by atoms with van der Waals surface area (Å²) in [6.07, 6.45) is 1.07. The van der Waals surface area contributed by atoms with E-state index in [0.717, 1.165) is 45.0 Å². The fraction of sp³-hybridized carbons (Fsp3) is 0.333. The first-order valence-electron chi connectivity index (χ1n) is 6.96. The molecule has 2 heterocycles. The minimum absolute atomic E-state index is 0.950. The van der Waals surface area contributed by atoms with Crippen LogP contribution in [0.2, 0.25) is 0 Å². The van der Waals surface area contributed by atoms with Crippen LogP contribution in [0.5, 0.6) is 0 Å². The van der Waals surface area contributed by atoms with Crippen LogP contribution in [0.1, 0.15) is 19.0 Å². The molecule has 3 rings (SSSR count). The molecule has 4 nitrogen and oxygen atoms in total. The topological polar surface area (TPSA) is 42.7 Å². The van der Waals surface area contributed by atoms with Gasteiger partial charge in [0.25, 0.3) is 0 Å². The normalized spacial score (nSPS) is 11.2. The maximum atomic E-state index is 4.86. The van der Waals surface area contributed by atoms with Crippen LogP contribution in [0, 0.1) is 6.92 Å². The molecule has 0 aliphatic heterocycles. The molecule has 0 atom stereocenters. The van der Waals surface area contributed by atoms with Crippen LogP contribution < -0.4 is 5.32 Å². The van der Waals surface area contributed by atoms with Gasteiger partial charge in [-0.15, -0.1) is 0 Å². The van der Waals surface area contributed by atoms with E-state index in [2.05, 4.69) is 55.3 Å². The number of hydrogen-bond acceptors (Lipinski definition) is 4. The second-order valence-electron chi connectivity index (χ2n) is 4.94. The minimum Gasteiger partial charge on any atom is -0.378 e. The van der Waals surface area contributed by atoms with Gasteiger partial charge in [-0.3, -0.25) is 0 Å². The third-order valence-electron chi connectivity index (χ3n) is 3.47. The average Bonchev–Trinajstić information content (AvgIpc) is 2.99. The molecule has 0 aliphatic rings. The summed E-state index contributed by atoms with van der Waals surface area (Å²) >= 11 is 5.01. The Labute approximate surface area is 136 Å². The van der Waals surface area contributed by atoms with Crippen molar-refractivity contribution in [2.75, 3.05) is 12.4 Å². The van der Waals surface area contributed by atoms with Crippen molar-refractivity contribution >= 4 is 43.5 Å². The number of nitrogens with one attached hydrogen (secondary N) is 1. The fourth-order valence-electron chi connectivity index (χ4n) is 2.55. The van der Waals surface area contributed by atoms with Crippen molar-refractivity contribution < 1.29 is 0 Å². The summed E-state index contributed by atoms with van der Waals surface area (Å²) in [5, 5.41) is 4.30. The van der Waals surface area contributed by atoms with Gasteiger partial charge in [0.05, 0.1) is 22.3 Å². The predicted molar refractivity (Wildman–Crippen MR) is 93.1 cm³/mol.